The summed E-state index contributed by atoms with van der Waals surface area (Å²) in [5, 5.41) is 0. The molecular formula is C9H12N. The first-order valence-electron chi connectivity index (χ1n) is 3.58. The zero-order valence-electron chi connectivity index (χ0n) is 6.25. The van der Waals surface area contributed by atoms with E-state index in [0.717, 1.165) is 12.1 Å². The average molecular weight is 134 g/mol. The van der Waals surface area contributed by atoms with E-state index in [1.165, 1.54) is 0 Å². The first-order chi connectivity index (χ1) is 4.84. The highest BCUT2D eigenvalue weighted by Gasteiger charge is 2.00. The van der Waals surface area contributed by atoms with Crippen molar-refractivity contribution in [1.29, 1.82) is 0 Å². The smallest absolute Gasteiger partial charge is 0.0434 e. The van der Waals surface area contributed by atoms with E-state index in [1.54, 1.807) is 0 Å². The summed E-state index contributed by atoms with van der Waals surface area (Å²) in [5.74, 6) is 0.348. The van der Waals surface area contributed by atoms with Crippen LogP contribution >= 0.6 is 0 Å². The van der Waals surface area contributed by atoms with Crippen molar-refractivity contribution in [3.05, 3.63) is 37.0 Å². The molecule has 0 saturated heterocycles. The van der Waals surface area contributed by atoms with Crippen LogP contribution < -0.4 is 0 Å². The van der Waals surface area contributed by atoms with E-state index in [9.17, 15) is 0 Å². The summed E-state index contributed by atoms with van der Waals surface area (Å²) in [5.41, 5.74) is 1.09. The van der Waals surface area contributed by atoms with E-state index in [-0.39, 0.29) is 0 Å². The Kier molecular flexibility index (Phi) is 2.43. The van der Waals surface area contributed by atoms with Crippen LogP contribution in [0.1, 0.15) is 25.0 Å². The third-order valence-electron chi connectivity index (χ3n) is 1.60. The van der Waals surface area contributed by atoms with Gasteiger partial charge in [-0.25, -0.2) is 0 Å². The fourth-order valence-corrected chi connectivity index (χ4v) is 0.827. The van der Waals surface area contributed by atoms with Crippen molar-refractivity contribution in [3.63, 3.8) is 0 Å². The lowest BCUT2D eigenvalue weighted by atomic mass is 10.1. The van der Waals surface area contributed by atoms with Crippen LogP contribution in [0.2, 0.25) is 0 Å². The van der Waals surface area contributed by atoms with Crippen molar-refractivity contribution in [1.82, 2.24) is 4.98 Å². The molecule has 10 heavy (non-hydrogen) atoms. The third kappa shape index (κ3) is 1.56. The minimum absolute atomic E-state index is 0.348. The summed E-state index contributed by atoms with van der Waals surface area (Å²) in [6.07, 6.45) is 2.86. The zero-order valence-corrected chi connectivity index (χ0v) is 6.25. The van der Waals surface area contributed by atoms with E-state index in [1.807, 2.05) is 24.4 Å². The molecule has 1 heterocycles. The van der Waals surface area contributed by atoms with E-state index >= 15 is 0 Å². The molecule has 1 atom stereocenters. The largest absolute Gasteiger partial charge is 0.261 e. The number of hydrogen-bond acceptors (Lipinski definition) is 1. The highest BCUT2D eigenvalue weighted by molar-refractivity contribution is 5.09. The average Bonchev–Trinajstić information content (AvgIpc) is 2.05. The highest BCUT2D eigenvalue weighted by atomic mass is 14.7. The predicted octanol–water partition coefficient (Wildman–Crippen LogP) is 2.41. The normalized spacial score (nSPS) is 13.0. The van der Waals surface area contributed by atoms with Crippen molar-refractivity contribution in [2.45, 2.75) is 19.3 Å². The van der Waals surface area contributed by atoms with Crippen molar-refractivity contribution in [3.8, 4) is 0 Å². The lowest BCUT2D eigenvalue weighted by Crippen LogP contribution is -1.93. The molecule has 1 aromatic heterocycles. The molecule has 0 aliphatic rings. The van der Waals surface area contributed by atoms with Crippen molar-refractivity contribution >= 4 is 0 Å². The summed E-state index contributed by atoms with van der Waals surface area (Å²) in [6, 6.07) is 5.93. The number of hydrogen-bond donors (Lipinski definition) is 0. The molecule has 0 aliphatic carbocycles. The van der Waals surface area contributed by atoms with Gasteiger partial charge in [0.25, 0.3) is 0 Å². The minimum Gasteiger partial charge on any atom is -0.261 e. The van der Waals surface area contributed by atoms with Crippen LogP contribution in [0.15, 0.2) is 24.4 Å². The Bertz CT molecular complexity index is 181. The van der Waals surface area contributed by atoms with Gasteiger partial charge in [0.15, 0.2) is 0 Å². The maximum absolute atomic E-state index is 4.19. The molecule has 0 aromatic carbocycles. The third-order valence-corrected chi connectivity index (χ3v) is 1.60. The standard InChI is InChI=1S/C9H12N/c1-3-8(2)9-6-4-5-7-10-9/h4-8H,2-3H2,1H3. The fraction of sp³-hybridized carbons (Fsp3) is 0.333. The Morgan fingerprint density at radius 2 is 2.40 bits per heavy atom. The monoisotopic (exact) mass is 134 g/mol. The Labute approximate surface area is 62.1 Å². The zero-order chi connectivity index (χ0) is 7.40. The molecule has 0 amide bonds. The van der Waals surface area contributed by atoms with Crippen LogP contribution in [-0.4, -0.2) is 4.98 Å². The quantitative estimate of drug-likeness (QED) is 0.605. The number of rotatable bonds is 2. The molecule has 0 aliphatic heterocycles. The van der Waals surface area contributed by atoms with Crippen LogP contribution in [0.25, 0.3) is 0 Å². The van der Waals surface area contributed by atoms with Gasteiger partial charge in [0.2, 0.25) is 0 Å². The first-order valence-corrected chi connectivity index (χ1v) is 3.58. The second-order valence-electron chi connectivity index (χ2n) is 2.36. The summed E-state index contributed by atoms with van der Waals surface area (Å²) in [6.45, 7) is 6.08. The molecule has 0 N–H and O–H groups in total. The highest BCUT2D eigenvalue weighted by Crippen LogP contribution is 2.13. The lowest BCUT2D eigenvalue weighted by Gasteiger charge is -2.05. The summed E-state index contributed by atoms with van der Waals surface area (Å²) in [7, 11) is 0. The van der Waals surface area contributed by atoms with Crippen molar-refractivity contribution in [2.24, 2.45) is 0 Å². The first kappa shape index (κ1) is 7.26. The van der Waals surface area contributed by atoms with E-state index in [2.05, 4.69) is 18.8 Å². The van der Waals surface area contributed by atoms with Crippen LogP contribution in [0.3, 0.4) is 0 Å². The maximum atomic E-state index is 4.19. The number of pyridine rings is 1. The summed E-state index contributed by atoms with van der Waals surface area (Å²) >= 11 is 0. The number of nitrogens with zero attached hydrogens (tertiary/aromatic N) is 1. The van der Waals surface area contributed by atoms with Gasteiger partial charge in [-0.15, -0.1) is 0 Å². The van der Waals surface area contributed by atoms with Gasteiger partial charge in [0, 0.05) is 17.8 Å². The molecule has 0 spiro atoms. The Hall–Kier alpha value is -0.850. The molecule has 1 heteroatoms. The van der Waals surface area contributed by atoms with Crippen molar-refractivity contribution < 1.29 is 0 Å². The summed E-state index contributed by atoms with van der Waals surface area (Å²) in [4.78, 5) is 4.19. The SMILES string of the molecule is [CH2]C(CC)c1ccccn1. The topological polar surface area (TPSA) is 12.9 Å². The lowest BCUT2D eigenvalue weighted by molar-refractivity contribution is 0.771. The molecule has 0 bridgehead atoms. The van der Waals surface area contributed by atoms with Crippen LogP contribution in [0.5, 0.6) is 0 Å². The van der Waals surface area contributed by atoms with Crippen LogP contribution in [-0.2, 0) is 0 Å². The summed E-state index contributed by atoms with van der Waals surface area (Å²) < 4.78 is 0. The predicted molar refractivity (Wildman–Crippen MR) is 42.6 cm³/mol. The van der Waals surface area contributed by atoms with E-state index in [4.69, 9.17) is 0 Å². The molecule has 1 unspecified atom stereocenters. The van der Waals surface area contributed by atoms with E-state index < -0.39 is 0 Å². The van der Waals surface area contributed by atoms with Gasteiger partial charge in [0.1, 0.15) is 0 Å². The Morgan fingerprint density at radius 3 is 2.90 bits per heavy atom. The minimum atomic E-state index is 0.348. The van der Waals surface area contributed by atoms with Gasteiger partial charge in [-0.3, -0.25) is 4.98 Å². The molecule has 1 rings (SSSR count). The van der Waals surface area contributed by atoms with E-state index in [0.29, 0.717) is 5.92 Å². The van der Waals surface area contributed by atoms with Gasteiger partial charge in [-0.05, 0) is 25.5 Å². The van der Waals surface area contributed by atoms with Crippen LogP contribution in [0.4, 0.5) is 0 Å². The second kappa shape index (κ2) is 3.35. The molecule has 53 valence electrons. The van der Waals surface area contributed by atoms with Gasteiger partial charge in [-0.2, -0.15) is 0 Å². The molecular weight excluding hydrogens is 122 g/mol. The molecule has 1 radical (unpaired) electrons. The molecule has 1 aromatic rings. The van der Waals surface area contributed by atoms with Gasteiger partial charge in [-0.1, -0.05) is 13.0 Å². The second-order valence-corrected chi connectivity index (χ2v) is 2.36. The fourth-order valence-electron chi connectivity index (χ4n) is 0.827. The Balaban J connectivity index is 2.75. The van der Waals surface area contributed by atoms with Gasteiger partial charge >= 0.3 is 0 Å². The molecule has 0 fully saturated rings. The Morgan fingerprint density at radius 1 is 1.60 bits per heavy atom. The van der Waals surface area contributed by atoms with Crippen molar-refractivity contribution in [2.75, 3.05) is 0 Å². The van der Waals surface area contributed by atoms with Gasteiger partial charge in [0.05, 0.1) is 0 Å². The maximum Gasteiger partial charge on any atom is 0.0434 e. The molecule has 0 saturated carbocycles. The van der Waals surface area contributed by atoms with Crippen LogP contribution in [0, 0.1) is 6.92 Å². The number of aromatic nitrogens is 1. The molecule has 1 nitrogen and oxygen atoms in total. The van der Waals surface area contributed by atoms with Gasteiger partial charge < -0.3 is 0 Å².